The number of amides is 2. The van der Waals surface area contributed by atoms with E-state index in [4.69, 9.17) is 4.74 Å². The first-order valence-corrected chi connectivity index (χ1v) is 9.23. The largest absolute Gasteiger partial charge is 0.477 e. The molecule has 0 fully saturated rings. The van der Waals surface area contributed by atoms with Crippen LogP contribution in [0.1, 0.15) is 41.4 Å². The molecule has 7 heteroatoms. The smallest absolute Gasteiger partial charge is 0.261 e. The van der Waals surface area contributed by atoms with Gasteiger partial charge >= 0.3 is 0 Å². The van der Waals surface area contributed by atoms with Gasteiger partial charge in [0, 0.05) is 31.3 Å². The lowest BCUT2D eigenvalue weighted by Crippen LogP contribution is -2.30. The summed E-state index contributed by atoms with van der Waals surface area (Å²) in [5, 5.41) is 7.41. The molecule has 134 valence electrons. The number of unbranched alkanes of at least 4 members (excludes halogenated alkanes) is 1. The lowest BCUT2D eigenvalue weighted by atomic mass is 10.2. The number of nitrogens with one attached hydrogen (secondary N) is 2. The molecule has 25 heavy (non-hydrogen) atoms. The quantitative estimate of drug-likeness (QED) is 0.638. The van der Waals surface area contributed by atoms with Gasteiger partial charge in [-0.25, -0.2) is 4.98 Å². The summed E-state index contributed by atoms with van der Waals surface area (Å²) in [5.74, 6) is 0.277. The van der Waals surface area contributed by atoms with Crippen LogP contribution in [0.15, 0.2) is 35.8 Å². The van der Waals surface area contributed by atoms with E-state index in [2.05, 4.69) is 22.5 Å². The van der Waals surface area contributed by atoms with Crippen LogP contribution in [0, 0.1) is 0 Å². The second-order valence-corrected chi connectivity index (χ2v) is 6.38. The molecule has 0 aromatic carbocycles. The minimum absolute atomic E-state index is 0.130. The molecule has 0 atom stereocenters. The number of pyridine rings is 1. The molecule has 0 radical (unpaired) electrons. The highest BCUT2D eigenvalue weighted by Gasteiger charge is 2.09. The van der Waals surface area contributed by atoms with Crippen LogP contribution in [0.5, 0.6) is 5.88 Å². The summed E-state index contributed by atoms with van der Waals surface area (Å²) in [4.78, 5) is 28.6. The summed E-state index contributed by atoms with van der Waals surface area (Å²) in [7, 11) is 0. The summed E-state index contributed by atoms with van der Waals surface area (Å²) in [6.45, 7) is 3.37. The average Bonchev–Trinajstić information content (AvgIpc) is 3.16. The number of carbonyl (C=O) groups is 2. The maximum atomic E-state index is 11.9. The van der Waals surface area contributed by atoms with Crippen molar-refractivity contribution < 1.29 is 14.3 Å². The van der Waals surface area contributed by atoms with E-state index in [1.807, 2.05) is 23.6 Å². The number of rotatable bonds is 10. The topological polar surface area (TPSA) is 80.3 Å². The Labute approximate surface area is 151 Å². The van der Waals surface area contributed by atoms with E-state index >= 15 is 0 Å². The zero-order chi connectivity index (χ0) is 17.9. The van der Waals surface area contributed by atoms with Crippen molar-refractivity contribution in [2.75, 3.05) is 13.2 Å². The van der Waals surface area contributed by atoms with Crippen LogP contribution in [-0.4, -0.2) is 29.9 Å². The summed E-state index contributed by atoms with van der Waals surface area (Å²) < 4.78 is 5.65. The zero-order valence-corrected chi connectivity index (χ0v) is 15.1. The van der Waals surface area contributed by atoms with Gasteiger partial charge in [0.15, 0.2) is 0 Å². The maximum Gasteiger partial charge on any atom is 0.261 e. The van der Waals surface area contributed by atoms with Gasteiger partial charge in [-0.2, -0.15) is 0 Å². The van der Waals surface area contributed by atoms with E-state index in [1.54, 1.807) is 12.3 Å². The number of hydrogen-bond donors (Lipinski definition) is 2. The minimum atomic E-state index is -0.151. The van der Waals surface area contributed by atoms with Crippen LogP contribution >= 0.6 is 11.3 Å². The Hall–Kier alpha value is -2.41. The van der Waals surface area contributed by atoms with Crippen LogP contribution in [0.3, 0.4) is 0 Å². The molecule has 0 bridgehead atoms. The van der Waals surface area contributed by atoms with E-state index in [0.29, 0.717) is 30.5 Å². The maximum absolute atomic E-state index is 11.9. The van der Waals surface area contributed by atoms with Crippen molar-refractivity contribution in [3.05, 3.63) is 46.3 Å². The van der Waals surface area contributed by atoms with Crippen molar-refractivity contribution in [1.29, 1.82) is 0 Å². The molecule has 0 saturated carbocycles. The molecule has 0 saturated heterocycles. The first-order chi connectivity index (χ1) is 12.2. The fourth-order valence-electron chi connectivity index (χ4n) is 2.07. The molecule has 2 aromatic heterocycles. The third kappa shape index (κ3) is 6.54. The third-order valence-corrected chi connectivity index (χ3v) is 4.31. The number of nitrogens with zero attached hydrogens (tertiary/aromatic N) is 1. The highest BCUT2D eigenvalue weighted by molar-refractivity contribution is 7.12. The predicted octanol–water partition coefficient (Wildman–Crippen LogP) is 2.76. The van der Waals surface area contributed by atoms with Gasteiger partial charge in [-0.1, -0.05) is 25.5 Å². The van der Waals surface area contributed by atoms with Crippen molar-refractivity contribution in [1.82, 2.24) is 15.6 Å². The average molecular weight is 361 g/mol. The fraction of sp³-hybridized carbons (Fsp3) is 0.389. The predicted molar refractivity (Wildman–Crippen MR) is 97.8 cm³/mol. The van der Waals surface area contributed by atoms with Gasteiger partial charge in [0.05, 0.1) is 11.5 Å². The van der Waals surface area contributed by atoms with E-state index in [-0.39, 0.29) is 18.2 Å². The standard InChI is InChI=1S/C18H23N3O3S/c1-2-3-11-24-18-14(6-4-9-20-18)13-21-16(22)8-10-19-17(23)15-7-5-12-25-15/h4-7,9,12H,2-3,8,10-11,13H2,1H3,(H,19,23)(H,21,22). The molecule has 0 spiro atoms. The van der Waals surface area contributed by atoms with Crippen LogP contribution in [0.4, 0.5) is 0 Å². The fourth-order valence-corrected chi connectivity index (χ4v) is 2.71. The van der Waals surface area contributed by atoms with E-state index < -0.39 is 0 Å². The molecule has 0 aliphatic rings. The molecule has 2 heterocycles. The number of hydrogen-bond acceptors (Lipinski definition) is 5. The van der Waals surface area contributed by atoms with Crippen molar-refractivity contribution >= 4 is 23.2 Å². The van der Waals surface area contributed by atoms with Gasteiger partial charge in [-0.3, -0.25) is 9.59 Å². The number of carbonyl (C=O) groups excluding carboxylic acids is 2. The Kier molecular flexibility index (Phi) is 7.91. The molecule has 2 aromatic rings. The number of ether oxygens (including phenoxy) is 1. The molecule has 6 nitrogen and oxygen atoms in total. The summed E-state index contributed by atoms with van der Waals surface area (Å²) in [5.41, 5.74) is 0.842. The zero-order valence-electron chi connectivity index (χ0n) is 14.3. The molecular formula is C18H23N3O3S. The molecule has 2 rings (SSSR count). The van der Waals surface area contributed by atoms with Crippen molar-refractivity contribution in [2.24, 2.45) is 0 Å². The van der Waals surface area contributed by atoms with Crippen LogP contribution in [0.25, 0.3) is 0 Å². The molecule has 0 aliphatic heterocycles. The van der Waals surface area contributed by atoms with E-state index in [1.165, 1.54) is 11.3 Å². The van der Waals surface area contributed by atoms with Gasteiger partial charge in [0.1, 0.15) is 0 Å². The number of thiophene rings is 1. The normalized spacial score (nSPS) is 10.3. The summed E-state index contributed by atoms with van der Waals surface area (Å²) in [6.07, 6.45) is 3.92. The van der Waals surface area contributed by atoms with Gasteiger partial charge in [0.25, 0.3) is 5.91 Å². The van der Waals surface area contributed by atoms with Gasteiger partial charge < -0.3 is 15.4 Å². The Balaban J connectivity index is 1.72. The first kappa shape index (κ1) is 18.9. The van der Waals surface area contributed by atoms with Crippen LogP contribution < -0.4 is 15.4 Å². The monoisotopic (exact) mass is 361 g/mol. The molecule has 0 aliphatic carbocycles. The van der Waals surface area contributed by atoms with Crippen LogP contribution in [-0.2, 0) is 11.3 Å². The van der Waals surface area contributed by atoms with Crippen molar-refractivity contribution in [3.63, 3.8) is 0 Å². The van der Waals surface area contributed by atoms with Crippen molar-refractivity contribution in [2.45, 2.75) is 32.7 Å². The summed E-state index contributed by atoms with van der Waals surface area (Å²) in [6, 6.07) is 7.27. The molecular weight excluding hydrogens is 338 g/mol. The van der Waals surface area contributed by atoms with Crippen LogP contribution in [0.2, 0.25) is 0 Å². The highest BCUT2D eigenvalue weighted by Crippen LogP contribution is 2.14. The van der Waals surface area contributed by atoms with Gasteiger partial charge in [-0.15, -0.1) is 11.3 Å². The second kappa shape index (κ2) is 10.5. The summed E-state index contributed by atoms with van der Waals surface area (Å²) >= 11 is 1.37. The van der Waals surface area contributed by atoms with Gasteiger partial charge in [0.2, 0.25) is 11.8 Å². The molecule has 2 N–H and O–H groups in total. The Morgan fingerprint density at radius 3 is 2.88 bits per heavy atom. The Bertz CT molecular complexity index is 674. The third-order valence-electron chi connectivity index (χ3n) is 3.45. The van der Waals surface area contributed by atoms with E-state index in [9.17, 15) is 9.59 Å². The number of aromatic nitrogens is 1. The lowest BCUT2D eigenvalue weighted by Gasteiger charge is -2.11. The lowest BCUT2D eigenvalue weighted by molar-refractivity contribution is -0.121. The molecule has 2 amide bonds. The molecule has 0 unspecified atom stereocenters. The Morgan fingerprint density at radius 2 is 2.12 bits per heavy atom. The highest BCUT2D eigenvalue weighted by atomic mass is 32.1. The first-order valence-electron chi connectivity index (χ1n) is 8.35. The minimum Gasteiger partial charge on any atom is -0.477 e. The second-order valence-electron chi connectivity index (χ2n) is 5.43. The van der Waals surface area contributed by atoms with E-state index in [0.717, 1.165) is 18.4 Å². The van der Waals surface area contributed by atoms with Gasteiger partial charge in [-0.05, 0) is 23.9 Å². The Morgan fingerprint density at radius 1 is 1.24 bits per heavy atom. The SMILES string of the molecule is CCCCOc1ncccc1CNC(=O)CCNC(=O)c1cccs1. The van der Waals surface area contributed by atoms with Crippen molar-refractivity contribution in [3.8, 4) is 5.88 Å².